The Morgan fingerprint density at radius 1 is 1.62 bits per heavy atom. The summed E-state index contributed by atoms with van der Waals surface area (Å²) in [5.74, 6) is -0.935. The lowest BCUT2D eigenvalue weighted by Gasteiger charge is -2.30. The number of amides is 1. The standard InChI is InChI=1S/C8H14F2N2O/c1-5-4-11-3-2-6(5)12-8(13)7(9)10/h5-7,11H,2-4H2,1H3,(H,12,13). The predicted molar refractivity (Wildman–Crippen MR) is 44.6 cm³/mol. The van der Waals surface area contributed by atoms with Gasteiger partial charge in [-0.15, -0.1) is 0 Å². The molecule has 5 heteroatoms. The number of nitrogens with one attached hydrogen (secondary N) is 2. The molecule has 3 nitrogen and oxygen atoms in total. The van der Waals surface area contributed by atoms with Crippen LogP contribution >= 0.6 is 0 Å². The first-order valence-electron chi connectivity index (χ1n) is 4.40. The van der Waals surface area contributed by atoms with E-state index < -0.39 is 12.3 Å². The van der Waals surface area contributed by atoms with Crippen molar-refractivity contribution in [3.05, 3.63) is 0 Å². The summed E-state index contributed by atoms with van der Waals surface area (Å²) in [6.07, 6.45) is -2.18. The van der Waals surface area contributed by atoms with Crippen LogP contribution < -0.4 is 10.6 Å². The molecule has 2 N–H and O–H groups in total. The topological polar surface area (TPSA) is 41.1 Å². The van der Waals surface area contributed by atoms with Gasteiger partial charge in [0.25, 0.3) is 5.91 Å². The molecule has 13 heavy (non-hydrogen) atoms. The molecule has 0 aromatic rings. The number of rotatable bonds is 2. The van der Waals surface area contributed by atoms with Gasteiger partial charge in [0, 0.05) is 6.04 Å². The first kappa shape index (κ1) is 10.4. The third-order valence-electron chi connectivity index (χ3n) is 2.31. The van der Waals surface area contributed by atoms with Gasteiger partial charge in [-0.1, -0.05) is 6.92 Å². The molecule has 0 aliphatic carbocycles. The number of alkyl halides is 2. The number of hydrogen-bond donors (Lipinski definition) is 2. The van der Waals surface area contributed by atoms with Crippen LogP contribution in [0.4, 0.5) is 8.78 Å². The molecule has 0 aromatic carbocycles. The van der Waals surface area contributed by atoms with E-state index in [0.29, 0.717) is 0 Å². The van der Waals surface area contributed by atoms with Gasteiger partial charge < -0.3 is 10.6 Å². The number of carbonyl (C=O) groups excluding carboxylic acids is 1. The third-order valence-corrected chi connectivity index (χ3v) is 2.31. The van der Waals surface area contributed by atoms with E-state index in [1.807, 2.05) is 6.92 Å². The molecule has 2 unspecified atom stereocenters. The number of piperidine rings is 1. The maximum absolute atomic E-state index is 11.9. The van der Waals surface area contributed by atoms with Crippen LogP contribution in [0.3, 0.4) is 0 Å². The van der Waals surface area contributed by atoms with Crippen molar-refractivity contribution in [3.63, 3.8) is 0 Å². The minimum atomic E-state index is -2.90. The Labute approximate surface area is 75.9 Å². The fourth-order valence-electron chi connectivity index (χ4n) is 1.47. The summed E-state index contributed by atoms with van der Waals surface area (Å²) < 4.78 is 23.8. The SMILES string of the molecule is CC1CNCCC1NC(=O)C(F)F. The highest BCUT2D eigenvalue weighted by atomic mass is 19.3. The lowest BCUT2D eigenvalue weighted by Crippen LogP contribution is -2.49. The molecule has 0 radical (unpaired) electrons. The summed E-state index contributed by atoms with van der Waals surface area (Å²) in [6, 6.07) is -0.109. The van der Waals surface area contributed by atoms with Gasteiger partial charge >= 0.3 is 6.43 Å². The van der Waals surface area contributed by atoms with E-state index in [-0.39, 0.29) is 12.0 Å². The Kier molecular flexibility index (Phi) is 3.59. The molecule has 1 saturated heterocycles. The first-order valence-corrected chi connectivity index (χ1v) is 4.40. The van der Waals surface area contributed by atoms with Crippen molar-refractivity contribution < 1.29 is 13.6 Å². The van der Waals surface area contributed by atoms with Crippen LogP contribution in [0.5, 0.6) is 0 Å². The second kappa shape index (κ2) is 4.50. The van der Waals surface area contributed by atoms with Crippen LogP contribution in [0.25, 0.3) is 0 Å². The zero-order chi connectivity index (χ0) is 9.84. The summed E-state index contributed by atoms with van der Waals surface area (Å²) in [5.41, 5.74) is 0. The molecule has 0 bridgehead atoms. The lowest BCUT2D eigenvalue weighted by molar-refractivity contribution is -0.133. The van der Waals surface area contributed by atoms with Crippen molar-refractivity contribution in [3.8, 4) is 0 Å². The second-order valence-electron chi connectivity index (χ2n) is 3.39. The Hall–Kier alpha value is -0.710. The number of hydrogen-bond acceptors (Lipinski definition) is 2. The molecule has 0 spiro atoms. The normalized spacial score (nSPS) is 28.9. The van der Waals surface area contributed by atoms with Gasteiger partial charge in [0.1, 0.15) is 0 Å². The van der Waals surface area contributed by atoms with Crippen molar-refractivity contribution in [2.24, 2.45) is 5.92 Å². The Morgan fingerprint density at radius 2 is 2.31 bits per heavy atom. The highest BCUT2D eigenvalue weighted by molar-refractivity contribution is 5.79. The molecule has 1 amide bonds. The minimum Gasteiger partial charge on any atom is -0.348 e. The molecular formula is C8H14F2N2O. The minimum absolute atomic E-state index is 0.109. The number of halogens is 2. The van der Waals surface area contributed by atoms with Crippen molar-refractivity contribution in [1.82, 2.24) is 10.6 Å². The van der Waals surface area contributed by atoms with Crippen molar-refractivity contribution in [2.75, 3.05) is 13.1 Å². The Balaban J connectivity index is 2.38. The second-order valence-corrected chi connectivity index (χ2v) is 3.39. The van der Waals surface area contributed by atoms with Gasteiger partial charge in [0.2, 0.25) is 0 Å². The van der Waals surface area contributed by atoms with Gasteiger partial charge in [-0.25, -0.2) is 0 Å². The summed E-state index contributed by atoms with van der Waals surface area (Å²) >= 11 is 0. The van der Waals surface area contributed by atoms with E-state index in [1.54, 1.807) is 0 Å². The summed E-state index contributed by atoms with van der Waals surface area (Å²) in [5, 5.41) is 5.47. The van der Waals surface area contributed by atoms with Gasteiger partial charge in [0.05, 0.1) is 0 Å². The van der Waals surface area contributed by atoms with E-state index in [0.717, 1.165) is 19.5 Å². The van der Waals surface area contributed by atoms with E-state index >= 15 is 0 Å². The molecule has 1 fully saturated rings. The van der Waals surface area contributed by atoms with Gasteiger partial charge in [0.15, 0.2) is 0 Å². The average Bonchev–Trinajstić information content (AvgIpc) is 2.08. The van der Waals surface area contributed by atoms with Crippen LogP contribution in [-0.4, -0.2) is 31.5 Å². The van der Waals surface area contributed by atoms with Crippen LogP contribution in [-0.2, 0) is 4.79 Å². The van der Waals surface area contributed by atoms with Crippen LogP contribution in [0.2, 0.25) is 0 Å². The zero-order valence-corrected chi connectivity index (χ0v) is 7.52. The van der Waals surface area contributed by atoms with E-state index in [9.17, 15) is 13.6 Å². The lowest BCUT2D eigenvalue weighted by atomic mass is 9.95. The molecule has 0 aromatic heterocycles. The maximum atomic E-state index is 11.9. The zero-order valence-electron chi connectivity index (χ0n) is 7.52. The predicted octanol–water partition coefficient (Wildman–Crippen LogP) is 0.366. The molecule has 76 valence electrons. The van der Waals surface area contributed by atoms with E-state index in [1.165, 1.54) is 0 Å². The molecule has 0 saturated carbocycles. The van der Waals surface area contributed by atoms with Gasteiger partial charge in [-0.05, 0) is 25.4 Å². The fraction of sp³-hybridized carbons (Fsp3) is 0.875. The molecule has 1 heterocycles. The average molecular weight is 192 g/mol. The van der Waals surface area contributed by atoms with Gasteiger partial charge in [-0.3, -0.25) is 4.79 Å². The van der Waals surface area contributed by atoms with Crippen LogP contribution in [0, 0.1) is 5.92 Å². The highest BCUT2D eigenvalue weighted by Gasteiger charge is 2.25. The fourth-order valence-corrected chi connectivity index (χ4v) is 1.47. The van der Waals surface area contributed by atoms with Crippen molar-refractivity contribution >= 4 is 5.91 Å². The molecule has 1 rings (SSSR count). The maximum Gasteiger partial charge on any atom is 0.315 e. The monoisotopic (exact) mass is 192 g/mol. The van der Waals surface area contributed by atoms with Crippen molar-refractivity contribution in [2.45, 2.75) is 25.8 Å². The Morgan fingerprint density at radius 3 is 2.85 bits per heavy atom. The molecule has 1 aliphatic heterocycles. The quantitative estimate of drug-likeness (QED) is 0.663. The van der Waals surface area contributed by atoms with Crippen LogP contribution in [0.15, 0.2) is 0 Å². The molecule has 2 atom stereocenters. The van der Waals surface area contributed by atoms with E-state index in [2.05, 4.69) is 10.6 Å². The summed E-state index contributed by atoms with van der Waals surface area (Å²) in [6.45, 7) is 3.48. The first-order chi connectivity index (χ1) is 6.11. The molecule has 1 aliphatic rings. The highest BCUT2D eigenvalue weighted by Crippen LogP contribution is 2.10. The van der Waals surface area contributed by atoms with Crippen LogP contribution in [0.1, 0.15) is 13.3 Å². The Bertz CT molecular complexity index is 187. The number of carbonyl (C=O) groups is 1. The van der Waals surface area contributed by atoms with Crippen molar-refractivity contribution in [1.29, 1.82) is 0 Å². The summed E-state index contributed by atoms with van der Waals surface area (Å²) in [7, 11) is 0. The largest absolute Gasteiger partial charge is 0.348 e. The summed E-state index contributed by atoms with van der Waals surface area (Å²) in [4.78, 5) is 10.7. The third kappa shape index (κ3) is 2.91. The van der Waals surface area contributed by atoms with E-state index in [4.69, 9.17) is 0 Å². The smallest absolute Gasteiger partial charge is 0.315 e. The molecular weight excluding hydrogens is 178 g/mol. The van der Waals surface area contributed by atoms with Gasteiger partial charge in [-0.2, -0.15) is 8.78 Å².